The molecule has 0 atom stereocenters. The van der Waals surface area contributed by atoms with Gasteiger partial charge in [-0.05, 0) is 24.1 Å². The summed E-state index contributed by atoms with van der Waals surface area (Å²) in [7, 11) is 4.57. The predicted octanol–water partition coefficient (Wildman–Crippen LogP) is 3.92. The first kappa shape index (κ1) is 17.7. The van der Waals surface area contributed by atoms with Crippen molar-refractivity contribution < 1.29 is 19.0 Å². The Labute approximate surface area is 142 Å². The minimum absolute atomic E-state index is 0.268. The van der Waals surface area contributed by atoms with Crippen molar-refractivity contribution in [3.63, 3.8) is 0 Å². The monoisotopic (exact) mass is 329 g/mol. The van der Waals surface area contributed by atoms with E-state index in [0.29, 0.717) is 22.8 Å². The van der Waals surface area contributed by atoms with Crippen LogP contribution in [0.4, 0.5) is 5.69 Å². The second-order valence-electron chi connectivity index (χ2n) is 5.31. The van der Waals surface area contributed by atoms with Crippen LogP contribution in [0.2, 0.25) is 0 Å². The van der Waals surface area contributed by atoms with E-state index in [1.165, 1.54) is 26.9 Å². The van der Waals surface area contributed by atoms with Crippen molar-refractivity contribution in [3.8, 4) is 17.2 Å². The Bertz CT molecular complexity index is 695. The van der Waals surface area contributed by atoms with Gasteiger partial charge < -0.3 is 19.5 Å². The number of hydrogen-bond acceptors (Lipinski definition) is 4. The zero-order chi connectivity index (χ0) is 17.5. The molecule has 0 saturated carbocycles. The number of aryl methyl sites for hydroxylation is 1. The molecule has 1 N–H and O–H groups in total. The van der Waals surface area contributed by atoms with Crippen LogP contribution < -0.4 is 19.5 Å². The van der Waals surface area contributed by atoms with Crippen LogP contribution in [0, 0.1) is 0 Å². The van der Waals surface area contributed by atoms with E-state index in [4.69, 9.17) is 14.2 Å². The summed E-state index contributed by atoms with van der Waals surface area (Å²) in [6.07, 6.45) is 2.12. The molecule has 2 rings (SSSR count). The van der Waals surface area contributed by atoms with Crippen LogP contribution in [0.1, 0.15) is 29.3 Å². The molecule has 5 heteroatoms. The third kappa shape index (κ3) is 3.98. The number of amides is 1. The molecule has 0 fully saturated rings. The Kier molecular flexibility index (Phi) is 6.07. The number of methoxy groups -OCH3 is 3. The van der Waals surface area contributed by atoms with Crippen molar-refractivity contribution in [2.75, 3.05) is 26.6 Å². The Hall–Kier alpha value is -2.69. The van der Waals surface area contributed by atoms with E-state index < -0.39 is 0 Å². The van der Waals surface area contributed by atoms with Crippen molar-refractivity contribution >= 4 is 11.6 Å². The van der Waals surface area contributed by atoms with Crippen molar-refractivity contribution in [3.05, 3.63) is 47.5 Å². The number of benzene rings is 2. The average molecular weight is 329 g/mol. The summed E-state index contributed by atoms with van der Waals surface area (Å²) in [4.78, 5) is 12.6. The SMILES string of the molecule is CCCc1ccc(NC(=O)c2cc(OC)c(OC)cc2OC)cc1. The minimum atomic E-state index is -0.268. The van der Waals surface area contributed by atoms with Crippen molar-refractivity contribution in [1.29, 1.82) is 0 Å². The van der Waals surface area contributed by atoms with Crippen LogP contribution in [-0.4, -0.2) is 27.2 Å². The summed E-state index contributed by atoms with van der Waals surface area (Å²) < 4.78 is 15.8. The van der Waals surface area contributed by atoms with E-state index >= 15 is 0 Å². The molecule has 2 aromatic carbocycles. The lowest BCUT2D eigenvalue weighted by Crippen LogP contribution is -2.13. The number of rotatable bonds is 7. The smallest absolute Gasteiger partial charge is 0.259 e. The Morgan fingerprint density at radius 2 is 1.50 bits per heavy atom. The topological polar surface area (TPSA) is 56.8 Å². The molecule has 0 unspecified atom stereocenters. The van der Waals surface area contributed by atoms with E-state index in [9.17, 15) is 4.79 Å². The fraction of sp³-hybridized carbons (Fsp3) is 0.316. The van der Waals surface area contributed by atoms with Gasteiger partial charge in [0, 0.05) is 17.8 Å². The number of anilines is 1. The number of carbonyl (C=O) groups is 1. The van der Waals surface area contributed by atoms with Gasteiger partial charge in [0.05, 0.1) is 26.9 Å². The van der Waals surface area contributed by atoms with Gasteiger partial charge >= 0.3 is 0 Å². The number of nitrogens with one attached hydrogen (secondary N) is 1. The number of carbonyl (C=O) groups excluding carboxylic acids is 1. The molecule has 1 amide bonds. The lowest BCUT2D eigenvalue weighted by atomic mass is 10.1. The first-order chi connectivity index (χ1) is 11.6. The normalized spacial score (nSPS) is 10.2. The van der Waals surface area contributed by atoms with Crippen LogP contribution in [0.25, 0.3) is 0 Å². The molecule has 5 nitrogen and oxygen atoms in total. The second kappa shape index (κ2) is 8.24. The molecule has 0 saturated heterocycles. The van der Waals surface area contributed by atoms with Crippen molar-refractivity contribution in [1.82, 2.24) is 0 Å². The van der Waals surface area contributed by atoms with Gasteiger partial charge in [-0.1, -0.05) is 25.5 Å². The standard InChI is InChI=1S/C19H23NO4/c1-5-6-13-7-9-14(10-8-13)20-19(21)15-11-17(23-3)18(24-4)12-16(15)22-2/h7-12H,5-6H2,1-4H3,(H,20,21). The molecule has 0 spiro atoms. The highest BCUT2D eigenvalue weighted by Gasteiger charge is 2.17. The molecule has 0 bridgehead atoms. The minimum Gasteiger partial charge on any atom is -0.496 e. The summed E-state index contributed by atoms with van der Waals surface area (Å²) in [6, 6.07) is 11.1. The Morgan fingerprint density at radius 3 is 2.04 bits per heavy atom. The molecule has 0 aliphatic carbocycles. The summed E-state index contributed by atoms with van der Waals surface area (Å²) in [5.74, 6) is 1.14. The van der Waals surface area contributed by atoms with Crippen molar-refractivity contribution in [2.45, 2.75) is 19.8 Å². The van der Waals surface area contributed by atoms with Gasteiger partial charge in [0.1, 0.15) is 5.75 Å². The zero-order valence-corrected chi connectivity index (χ0v) is 14.5. The third-order valence-corrected chi connectivity index (χ3v) is 3.70. The second-order valence-corrected chi connectivity index (χ2v) is 5.31. The summed E-state index contributed by atoms with van der Waals surface area (Å²) >= 11 is 0. The highest BCUT2D eigenvalue weighted by molar-refractivity contribution is 6.06. The summed E-state index contributed by atoms with van der Waals surface area (Å²) in [6.45, 7) is 2.14. The molecule has 0 aliphatic rings. The lowest BCUT2D eigenvalue weighted by Gasteiger charge is -2.14. The number of ether oxygens (including phenoxy) is 3. The maximum absolute atomic E-state index is 12.6. The molecule has 128 valence electrons. The van der Waals surface area contributed by atoms with E-state index in [2.05, 4.69) is 12.2 Å². The summed E-state index contributed by atoms with van der Waals surface area (Å²) in [5, 5.41) is 2.88. The molecule has 0 heterocycles. The van der Waals surface area contributed by atoms with E-state index in [1.807, 2.05) is 24.3 Å². The molecule has 24 heavy (non-hydrogen) atoms. The molecule has 0 aliphatic heterocycles. The molecular formula is C19H23NO4. The van der Waals surface area contributed by atoms with E-state index in [1.54, 1.807) is 12.1 Å². The van der Waals surface area contributed by atoms with Gasteiger partial charge in [-0.2, -0.15) is 0 Å². The molecule has 0 radical (unpaired) electrons. The maximum Gasteiger partial charge on any atom is 0.259 e. The molecule has 2 aromatic rings. The van der Waals surface area contributed by atoms with Gasteiger partial charge in [-0.3, -0.25) is 4.79 Å². The highest BCUT2D eigenvalue weighted by atomic mass is 16.5. The van der Waals surface area contributed by atoms with Crippen LogP contribution in [0.15, 0.2) is 36.4 Å². The Balaban J connectivity index is 2.25. The van der Waals surface area contributed by atoms with Crippen LogP contribution in [0.5, 0.6) is 17.2 Å². The van der Waals surface area contributed by atoms with Gasteiger partial charge in [0.25, 0.3) is 5.91 Å². The Morgan fingerprint density at radius 1 is 0.917 bits per heavy atom. The van der Waals surface area contributed by atoms with Gasteiger partial charge in [0.15, 0.2) is 11.5 Å². The van der Waals surface area contributed by atoms with Crippen molar-refractivity contribution in [2.24, 2.45) is 0 Å². The third-order valence-electron chi connectivity index (χ3n) is 3.70. The summed E-state index contributed by atoms with van der Waals surface area (Å²) in [5.41, 5.74) is 2.36. The fourth-order valence-electron chi connectivity index (χ4n) is 2.45. The fourth-order valence-corrected chi connectivity index (χ4v) is 2.45. The van der Waals surface area contributed by atoms with Crippen LogP contribution >= 0.6 is 0 Å². The van der Waals surface area contributed by atoms with Gasteiger partial charge in [-0.25, -0.2) is 0 Å². The molecule has 0 aromatic heterocycles. The molecular weight excluding hydrogens is 306 g/mol. The first-order valence-electron chi connectivity index (χ1n) is 7.83. The van der Waals surface area contributed by atoms with E-state index in [0.717, 1.165) is 18.5 Å². The predicted molar refractivity (Wildman–Crippen MR) is 94.5 cm³/mol. The highest BCUT2D eigenvalue weighted by Crippen LogP contribution is 2.34. The first-order valence-corrected chi connectivity index (χ1v) is 7.83. The maximum atomic E-state index is 12.6. The van der Waals surface area contributed by atoms with E-state index in [-0.39, 0.29) is 5.91 Å². The van der Waals surface area contributed by atoms with Gasteiger partial charge in [0.2, 0.25) is 0 Å². The quantitative estimate of drug-likeness (QED) is 0.836. The van der Waals surface area contributed by atoms with Crippen LogP contribution in [-0.2, 0) is 6.42 Å². The van der Waals surface area contributed by atoms with Crippen LogP contribution in [0.3, 0.4) is 0 Å². The number of hydrogen-bond donors (Lipinski definition) is 1. The average Bonchev–Trinajstić information content (AvgIpc) is 2.62. The zero-order valence-electron chi connectivity index (χ0n) is 14.5. The lowest BCUT2D eigenvalue weighted by molar-refractivity contribution is 0.102. The van der Waals surface area contributed by atoms with Gasteiger partial charge in [-0.15, -0.1) is 0 Å². The largest absolute Gasteiger partial charge is 0.496 e.